The normalized spacial score (nSPS) is 14.9. The fourth-order valence-electron chi connectivity index (χ4n) is 3.80. The van der Waals surface area contributed by atoms with E-state index in [0.29, 0.717) is 11.7 Å². The molecule has 1 aromatic heterocycles. The summed E-state index contributed by atoms with van der Waals surface area (Å²) in [5.41, 5.74) is 1.95. The molecule has 2 N–H and O–H groups in total. The summed E-state index contributed by atoms with van der Waals surface area (Å²) in [6.45, 7) is 4.32. The third kappa shape index (κ3) is 4.51. The Morgan fingerprint density at radius 1 is 1.04 bits per heavy atom. The maximum Gasteiger partial charge on any atom is 0.264 e. The fourth-order valence-corrected chi connectivity index (χ4v) is 3.80. The lowest BCUT2D eigenvalue weighted by Crippen LogP contribution is -3.13. The number of imidazole rings is 1. The lowest BCUT2D eigenvalue weighted by atomic mass is 10.1. The number of likely N-dealkylation sites (tertiary alicyclic amines) is 1. The number of carbonyl (C=O) groups excluding carboxylic acids is 1. The van der Waals surface area contributed by atoms with Crippen molar-refractivity contribution in [3.63, 3.8) is 0 Å². The lowest BCUT2D eigenvalue weighted by Gasteiger charge is -2.24. The molecule has 28 heavy (non-hydrogen) atoms. The molecule has 4 rings (SSSR count). The van der Waals surface area contributed by atoms with Crippen LogP contribution in [-0.4, -0.2) is 41.7 Å². The van der Waals surface area contributed by atoms with Crippen molar-refractivity contribution in [3.05, 3.63) is 54.6 Å². The van der Waals surface area contributed by atoms with E-state index in [0.717, 1.165) is 24.1 Å². The SMILES string of the molecule is O=C(COc1ccccc1)Nc1nc2ccccc2n1CC[NH+]1CCCCC1. The van der Waals surface area contributed by atoms with E-state index in [2.05, 4.69) is 20.9 Å². The first-order chi connectivity index (χ1) is 13.8. The summed E-state index contributed by atoms with van der Waals surface area (Å²) in [4.78, 5) is 18.7. The molecule has 1 aliphatic heterocycles. The topological polar surface area (TPSA) is 60.6 Å². The van der Waals surface area contributed by atoms with Gasteiger partial charge in [0.05, 0.1) is 37.2 Å². The summed E-state index contributed by atoms with van der Waals surface area (Å²) in [6, 6.07) is 17.4. The van der Waals surface area contributed by atoms with Gasteiger partial charge in [0.1, 0.15) is 5.75 Å². The molecule has 6 nitrogen and oxygen atoms in total. The van der Waals surface area contributed by atoms with Gasteiger partial charge in [-0.2, -0.15) is 0 Å². The molecule has 1 aliphatic rings. The van der Waals surface area contributed by atoms with Crippen molar-refractivity contribution in [2.75, 3.05) is 31.6 Å². The van der Waals surface area contributed by atoms with Gasteiger partial charge in [0.15, 0.2) is 6.61 Å². The average Bonchev–Trinajstić information content (AvgIpc) is 3.09. The van der Waals surface area contributed by atoms with Gasteiger partial charge in [0.2, 0.25) is 5.95 Å². The van der Waals surface area contributed by atoms with Gasteiger partial charge in [0, 0.05) is 0 Å². The van der Waals surface area contributed by atoms with Crippen LogP contribution in [0.25, 0.3) is 11.0 Å². The van der Waals surface area contributed by atoms with Crippen LogP contribution in [0, 0.1) is 0 Å². The summed E-state index contributed by atoms with van der Waals surface area (Å²) in [5, 5.41) is 2.94. The van der Waals surface area contributed by atoms with Crippen LogP contribution in [0.3, 0.4) is 0 Å². The Labute approximate surface area is 165 Å². The van der Waals surface area contributed by atoms with Crippen LogP contribution in [0.2, 0.25) is 0 Å². The molecule has 6 heteroatoms. The summed E-state index contributed by atoms with van der Waals surface area (Å²) in [5.74, 6) is 1.07. The number of hydrogen-bond donors (Lipinski definition) is 2. The standard InChI is InChI=1S/C22H26N4O2/c27-21(17-28-18-9-3-1-4-10-18)24-22-23-19-11-5-6-12-20(19)26(22)16-15-25-13-7-2-8-14-25/h1,3-6,9-12H,2,7-8,13-17H2,(H,23,24,27)/p+1. The molecule has 146 valence electrons. The van der Waals surface area contributed by atoms with Gasteiger partial charge < -0.3 is 14.2 Å². The summed E-state index contributed by atoms with van der Waals surface area (Å²) < 4.78 is 7.68. The Balaban J connectivity index is 1.45. The highest BCUT2D eigenvalue weighted by Gasteiger charge is 2.17. The van der Waals surface area contributed by atoms with Crippen LogP contribution in [0.4, 0.5) is 5.95 Å². The minimum absolute atomic E-state index is 0.0371. The number of benzene rings is 2. The zero-order valence-corrected chi connectivity index (χ0v) is 16.1. The molecule has 0 saturated carbocycles. The van der Waals surface area contributed by atoms with Crippen molar-refractivity contribution in [2.45, 2.75) is 25.8 Å². The lowest BCUT2D eigenvalue weighted by molar-refractivity contribution is -0.905. The fraction of sp³-hybridized carbons (Fsp3) is 0.364. The van der Waals surface area contributed by atoms with Crippen molar-refractivity contribution in [2.24, 2.45) is 0 Å². The Hall–Kier alpha value is -2.86. The molecular formula is C22H27N4O2+. The molecule has 1 amide bonds. The first kappa shape index (κ1) is 18.5. The second-order valence-corrected chi connectivity index (χ2v) is 7.29. The highest BCUT2D eigenvalue weighted by molar-refractivity contribution is 5.92. The number of para-hydroxylation sites is 3. The summed E-state index contributed by atoms with van der Waals surface area (Å²) in [7, 11) is 0. The van der Waals surface area contributed by atoms with Crippen LogP contribution >= 0.6 is 0 Å². The number of aromatic nitrogens is 2. The molecular weight excluding hydrogens is 352 g/mol. The van der Waals surface area contributed by atoms with Crippen molar-refractivity contribution in [1.82, 2.24) is 9.55 Å². The van der Waals surface area contributed by atoms with Crippen LogP contribution in [-0.2, 0) is 11.3 Å². The maximum absolute atomic E-state index is 12.4. The molecule has 0 atom stereocenters. The van der Waals surface area contributed by atoms with Crippen molar-refractivity contribution in [1.29, 1.82) is 0 Å². The van der Waals surface area contributed by atoms with Gasteiger partial charge in [-0.05, 0) is 43.5 Å². The zero-order valence-electron chi connectivity index (χ0n) is 16.1. The molecule has 2 heterocycles. The number of hydrogen-bond acceptors (Lipinski definition) is 3. The number of rotatable bonds is 7. The average molecular weight is 379 g/mol. The highest BCUT2D eigenvalue weighted by Crippen LogP contribution is 2.19. The number of fused-ring (bicyclic) bond motifs is 1. The van der Waals surface area contributed by atoms with E-state index >= 15 is 0 Å². The van der Waals surface area contributed by atoms with E-state index in [1.165, 1.54) is 32.4 Å². The van der Waals surface area contributed by atoms with Crippen LogP contribution in [0.1, 0.15) is 19.3 Å². The third-order valence-electron chi connectivity index (χ3n) is 5.27. The number of carbonyl (C=O) groups is 1. The molecule has 1 saturated heterocycles. The quantitative estimate of drug-likeness (QED) is 0.661. The number of nitrogens with one attached hydrogen (secondary N) is 2. The minimum Gasteiger partial charge on any atom is -0.484 e. The molecule has 3 aromatic rings. The molecule has 1 fully saturated rings. The number of anilines is 1. The Morgan fingerprint density at radius 2 is 1.79 bits per heavy atom. The third-order valence-corrected chi connectivity index (χ3v) is 5.27. The Kier molecular flexibility index (Phi) is 5.87. The molecule has 0 aliphatic carbocycles. The van der Waals surface area contributed by atoms with Crippen molar-refractivity contribution in [3.8, 4) is 5.75 Å². The molecule has 0 unspecified atom stereocenters. The maximum atomic E-state index is 12.4. The molecule has 0 bridgehead atoms. The predicted molar refractivity (Wildman–Crippen MR) is 110 cm³/mol. The van der Waals surface area contributed by atoms with E-state index in [9.17, 15) is 4.79 Å². The van der Waals surface area contributed by atoms with Gasteiger partial charge in [-0.25, -0.2) is 4.98 Å². The van der Waals surface area contributed by atoms with Gasteiger partial charge in [-0.1, -0.05) is 30.3 Å². The zero-order chi connectivity index (χ0) is 19.2. The van der Waals surface area contributed by atoms with E-state index in [4.69, 9.17) is 4.74 Å². The number of nitrogens with zero attached hydrogens (tertiary/aromatic N) is 2. The second-order valence-electron chi connectivity index (χ2n) is 7.29. The van der Waals surface area contributed by atoms with E-state index in [1.807, 2.05) is 48.5 Å². The number of quaternary nitrogens is 1. The summed E-state index contributed by atoms with van der Waals surface area (Å²) >= 11 is 0. The van der Waals surface area contributed by atoms with E-state index < -0.39 is 0 Å². The number of ether oxygens (including phenoxy) is 1. The smallest absolute Gasteiger partial charge is 0.264 e. The van der Waals surface area contributed by atoms with Crippen molar-refractivity contribution >= 4 is 22.9 Å². The molecule has 2 aromatic carbocycles. The monoisotopic (exact) mass is 379 g/mol. The number of amides is 1. The molecule has 0 radical (unpaired) electrons. The van der Waals surface area contributed by atoms with Gasteiger partial charge in [-0.15, -0.1) is 0 Å². The van der Waals surface area contributed by atoms with Crippen LogP contribution in [0.15, 0.2) is 54.6 Å². The Morgan fingerprint density at radius 3 is 2.61 bits per heavy atom. The van der Waals surface area contributed by atoms with Crippen LogP contribution in [0.5, 0.6) is 5.75 Å². The van der Waals surface area contributed by atoms with Gasteiger partial charge >= 0.3 is 0 Å². The molecule has 0 spiro atoms. The first-order valence-electron chi connectivity index (χ1n) is 10.1. The first-order valence-corrected chi connectivity index (χ1v) is 10.1. The second kappa shape index (κ2) is 8.89. The van der Waals surface area contributed by atoms with Gasteiger partial charge in [0.25, 0.3) is 5.91 Å². The van der Waals surface area contributed by atoms with E-state index in [-0.39, 0.29) is 12.5 Å². The van der Waals surface area contributed by atoms with E-state index in [1.54, 1.807) is 4.90 Å². The predicted octanol–water partition coefficient (Wildman–Crippen LogP) is 2.12. The summed E-state index contributed by atoms with van der Waals surface area (Å²) in [6.07, 6.45) is 3.96. The Bertz CT molecular complexity index is 917. The number of piperidine rings is 1. The minimum atomic E-state index is -0.203. The highest BCUT2D eigenvalue weighted by atomic mass is 16.5. The van der Waals surface area contributed by atoms with Gasteiger partial charge in [-0.3, -0.25) is 10.1 Å². The van der Waals surface area contributed by atoms with Crippen molar-refractivity contribution < 1.29 is 14.4 Å². The van der Waals surface area contributed by atoms with Crippen LogP contribution < -0.4 is 15.0 Å². The largest absolute Gasteiger partial charge is 0.484 e.